The zero-order valence-corrected chi connectivity index (χ0v) is 11.2. The lowest BCUT2D eigenvalue weighted by Crippen LogP contribution is -2.46. The molecule has 0 fully saturated rings. The molecule has 1 aromatic carbocycles. The zero-order chi connectivity index (χ0) is 13.6. The molecule has 0 aliphatic carbocycles. The molecule has 0 bridgehead atoms. The molecule has 0 saturated carbocycles. The lowest BCUT2D eigenvalue weighted by Gasteiger charge is -2.29. The van der Waals surface area contributed by atoms with E-state index >= 15 is 0 Å². The maximum absolute atomic E-state index is 12.0. The third kappa shape index (κ3) is 3.44. The molecule has 2 N–H and O–H groups in total. The second-order valence-corrected chi connectivity index (χ2v) is 4.61. The van der Waals surface area contributed by atoms with E-state index in [1.165, 1.54) is 0 Å². The number of hydrogen-bond acceptors (Lipinski definition) is 2. The van der Waals surface area contributed by atoms with Gasteiger partial charge in [0.2, 0.25) is 5.91 Å². The standard InChI is InChI=1S/C15H21NO2/c1-4-8-12(2)14(18)16-15(3,11-17)13-9-6-5-7-10-13/h5-10,17H,4,11H2,1-3H3,(H,16,18)/b12-8-. The van der Waals surface area contributed by atoms with E-state index in [9.17, 15) is 9.90 Å². The summed E-state index contributed by atoms with van der Waals surface area (Å²) in [5.74, 6) is -0.141. The molecule has 0 aromatic heterocycles. The van der Waals surface area contributed by atoms with E-state index in [0.717, 1.165) is 12.0 Å². The summed E-state index contributed by atoms with van der Waals surface area (Å²) >= 11 is 0. The van der Waals surface area contributed by atoms with Gasteiger partial charge in [-0.3, -0.25) is 4.79 Å². The van der Waals surface area contributed by atoms with E-state index in [1.807, 2.05) is 50.3 Å². The van der Waals surface area contributed by atoms with Crippen molar-refractivity contribution in [2.45, 2.75) is 32.7 Å². The first-order chi connectivity index (χ1) is 8.53. The third-order valence-electron chi connectivity index (χ3n) is 2.99. The molecule has 3 nitrogen and oxygen atoms in total. The van der Waals surface area contributed by atoms with Gasteiger partial charge < -0.3 is 10.4 Å². The molecule has 0 saturated heterocycles. The van der Waals surface area contributed by atoms with E-state index in [2.05, 4.69) is 5.32 Å². The molecule has 0 aliphatic rings. The Labute approximate surface area is 109 Å². The predicted octanol–water partition coefficient (Wildman–Crippen LogP) is 2.37. The summed E-state index contributed by atoms with van der Waals surface area (Å²) in [6.45, 7) is 5.45. The van der Waals surface area contributed by atoms with Crippen molar-refractivity contribution in [3.05, 3.63) is 47.5 Å². The molecular weight excluding hydrogens is 226 g/mol. The van der Waals surface area contributed by atoms with Gasteiger partial charge in [-0.05, 0) is 25.8 Å². The molecule has 0 radical (unpaired) electrons. The number of rotatable bonds is 5. The minimum atomic E-state index is -0.749. The number of hydrogen-bond donors (Lipinski definition) is 2. The summed E-state index contributed by atoms with van der Waals surface area (Å²) in [6, 6.07) is 9.49. The van der Waals surface area contributed by atoms with Crippen molar-refractivity contribution in [2.75, 3.05) is 6.61 Å². The minimum absolute atomic E-state index is 0.137. The number of allylic oxidation sites excluding steroid dienone is 1. The van der Waals surface area contributed by atoms with Crippen molar-refractivity contribution in [3.8, 4) is 0 Å². The first-order valence-corrected chi connectivity index (χ1v) is 6.19. The second kappa shape index (κ2) is 6.36. The van der Waals surface area contributed by atoms with Gasteiger partial charge in [-0.25, -0.2) is 0 Å². The van der Waals surface area contributed by atoms with Crippen molar-refractivity contribution in [2.24, 2.45) is 0 Å². The van der Waals surface area contributed by atoms with E-state index in [4.69, 9.17) is 0 Å². The quantitative estimate of drug-likeness (QED) is 0.785. The van der Waals surface area contributed by atoms with Crippen molar-refractivity contribution < 1.29 is 9.90 Å². The van der Waals surface area contributed by atoms with Crippen LogP contribution in [0.25, 0.3) is 0 Å². The highest BCUT2D eigenvalue weighted by Gasteiger charge is 2.27. The van der Waals surface area contributed by atoms with Crippen LogP contribution in [0.3, 0.4) is 0 Å². The van der Waals surface area contributed by atoms with Crippen LogP contribution >= 0.6 is 0 Å². The normalized spacial score (nSPS) is 15.0. The van der Waals surface area contributed by atoms with Crippen LogP contribution in [0.15, 0.2) is 42.0 Å². The van der Waals surface area contributed by atoms with Crippen LogP contribution in [0.5, 0.6) is 0 Å². The Morgan fingerprint density at radius 3 is 2.50 bits per heavy atom. The number of amides is 1. The summed E-state index contributed by atoms with van der Waals surface area (Å²) in [5, 5.41) is 12.5. The van der Waals surface area contributed by atoms with Crippen LogP contribution in [0.1, 0.15) is 32.8 Å². The lowest BCUT2D eigenvalue weighted by molar-refractivity contribution is -0.119. The second-order valence-electron chi connectivity index (χ2n) is 4.61. The van der Waals surface area contributed by atoms with Gasteiger partial charge in [0.25, 0.3) is 0 Å². The van der Waals surface area contributed by atoms with E-state index in [0.29, 0.717) is 5.57 Å². The maximum Gasteiger partial charge on any atom is 0.247 e. The molecule has 0 spiro atoms. The maximum atomic E-state index is 12.0. The van der Waals surface area contributed by atoms with Crippen LogP contribution < -0.4 is 5.32 Å². The van der Waals surface area contributed by atoms with Crippen LogP contribution in [0.4, 0.5) is 0 Å². The fourth-order valence-electron chi connectivity index (χ4n) is 1.76. The Kier molecular flexibility index (Phi) is 5.10. The Morgan fingerprint density at radius 2 is 2.00 bits per heavy atom. The molecule has 0 heterocycles. The van der Waals surface area contributed by atoms with Gasteiger partial charge in [0.05, 0.1) is 12.1 Å². The zero-order valence-electron chi connectivity index (χ0n) is 11.2. The van der Waals surface area contributed by atoms with Crippen LogP contribution in [-0.4, -0.2) is 17.6 Å². The Balaban J connectivity index is 2.91. The van der Waals surface area contributed by atoms with E-state index < -0.39 is 5.54 Å². The molecule has 1 rings (SSSR count). The molecule has 1 aromatic rings. The number of nitrogens with one attached hydrogen (secondary N) is 1. The van der Waals surface area contributed by atoms with Gasteiger partial charge in [0.15, 0.2) is 0 Å². The summed E-state index contributed by atoms with van der Waals surface area (Å²) in [5.41, 5.74) is 0.819. The van der Waals surface area contributed by atoms with Crippen LogP contribution in [-0.2, 0) is 10.3 Å². The smallest absolute Gasteiger partial charge is 0.247 e. The van der Waals surface area contributed by atoms with Crippen molar-refractivity contribution >= 4 is 5.91 Å². The van der Waals surface area contributed by atoms with Gasteiger partial charge >= 0.3 is 0 Å². The Hall–Kier alpha value is -1.61. The van der Waals surface area contributed by atoms with Crippen molar-refractivity contribution in [1.82, 2.24) is 5.32 Å². The lowest BCUT2D eigenvalue weighted by atomic mass is 9.92. The van der Waals surface area contributed by atoms with Gasteiger partial charge in [0, 0.05) is 5.57 Å². The molecule has 1 atom stereocenters. The monoisotopic (exact) mass is 247 g/mol. The topological polar surface area (TPSA) is 49.3 Å². The fraction of sp³-hybridized carbons (Fsp3) is 0.400. The molecule has 0 aliphatic heterocycles. The van der Waals surface area contributed by atoms with Gasteiger partial charge in [-0.1, -0.05) is 43.3 Å². The van der Waals surface area contributed by atoms with Crippen molar-refractivity contribution in [1.29, 1.82) is 0 Å². The molecule has 1 unspecified atom stereocenters. The van der Waals surface area contributed by atoms with Gasteiger partial charge in [0.1, 0.15) is 0 Å². The first-order valence-electron chi connectivity index (χ1n) is 6.19. The molecule has 98 valence electrons. The Morgan fingerprint density at radius 1 is 1.39 bits per heavy atom. The van der Waals surface area contributed by atoms with Crippen molar-refractivity contribution in [3.63, 3.8) is 0 Å². The van der Waals surface area contributed by atoms with E-state index in [-0.39, 0.29) is 12.5 Å². The first kappa shape index (κ1) is 14.5. The predicted molar refractivity (Wildman–Crippen MR) is 73.1 cm³/mol. The van der Waals surface area contributed by atoms with E-state index in [1.54, 1.807) is 6.92 Å². The van der Waals surface area contributed by atoms with Gasteiger partial charge in [-0.15, -0.1) is 0 Å². The largest absolute Gasteiger partial charge is 0.394 e. The molecular formula is C15H21NO2. The van der Waals surface area contributed by atoms with Gasteiger partial charge in [-0.2, -0.15) is 0 Å². The molecule has 1 amide bonds. The number of carbonyl (C=O) groups is 1. The highest BCUT2D eigenvalue weighted by Crippen LogP contribution is 2.20. The summed E-state index contributed by atoms with van der Waals surface area (Å²) in [4.78, 5) is 12.0. The number of aliphatic hydroxyl groups excluding tert-OH is 1. The minimum Gasteiger partial charge on any atom is -0.394 e. The van der Waals surface area contributed by atoms with Crippen LogP contribution in [0, 0.1) is 0 Å². The highest BCUT2D eigenvalue weighted by atomic mass is 16.3. The summed E-state index contributed by atoms with van der Waals surface area (Å²) in [7, 11) is 0. The number of aliphatic hydroxyl groups is 1. The third-order valence-corrected chi connectivity index (χ3v) is 2.99. The summed E-state index contributed by atoms with van der Waals surface area (Å²) < 4.78 is 0. The SMILES string of the molecule is CC/C=C(/C)C(=O)NC(C)(CO)c1ccccc1. The molecule has 18 heavy (non-hydrogen) atoms. The van der Waals surface area contributed by atoms with Crippen LogP contribution in [0.2, 0.25) is 0 Å². The average Bonchev–Trinajstić information content (AvgIpc) is 2.39. The highest BCUT2D eigenvalue weighted by molar-refractivity contribution is 5.93. The number of benzene rings is 1. The molecule has 3 heteroatoms. The number of carbonyl (C=O) groups excluding carboxylic acids is 1. The average molecular weight is 247 g/mol. The fourth-order valence-corrected chi connectivity index (χ4v) is 1.76. The summed E-state index contributed by atoms with van der Waals surface area (Å²) in [6.07, 6.45) is 2.69. The Bertz CT molecular complexity index is 425.